The van der Waals surface area contributed by atoms with E-state index in [2.05, 4.69) is 10.2 Å². The number of nitrogens with one attached hydrogen (secondary N) is 1. The van der Waals surface area contributed by atoms with Gasteiger partial charge in [-0.3, -0.25) is 9.69 Å². The van der Waals surface area contributed by atoms with Crippen LogP contribution in [0, 0.1) is 5.92 Å². The maximum Gasteiger partial charge on any atom is 0.234 e. The molecule has 0 spiro atoms. The van der Waals surface area contributed by atoms with Crippen LogP contribution < -0.4 is 5.32 Å². The zero-order chi connectivity index (χ0) is 13.7. The number of amides is 1. The van der Waals surface area contributed by atoms with Crippen LogP contribution in [0.25, 0.3) is 0 Å². The first-order valence-electron chi connectivity index (χ1n) is 6.86. The number of aliphatic hydroxyl groups is 1. The van der Waals surface area contributed by atoms with E-state index in [0.29, 0.717) is 12.5 Å². The maximum absolute atomic E-state index is 12.0. The van der Waals surface area contributed by atoms with Gasteiger partial charge < -0.3 is 10.4 Å². The Morgan fingerprint density at radius 1 is 1.47 bits per heavy atom. The van der Waals surface area contributed by atoms with Crippen LogP contribution in [-0.2, 0) is 4.79 Å². The number of carbonyl (C=O) groups is 1. The Bertz CT molecular complexity index is 408. The molecule has 0 aromatic heterocycles. The van der Waals surface area contributed by atoms with Crippen LogP contribution >= 0.6 is 0 Å². The third-order valence-electron chi connectivity index (χ3n) is 3.67. The van der Waals surface area contributed by atoms with Crippen molar-refractivity contribution in [2.45, 2.75) is 19.4 Å². The van der Waals surface area contributed by atoms with E-state index in [0.717, 1.165) is 25.1 Å². The van der Waals surface area contributed by atoms with E-state index in [1.165, 1.54) is 0 Å². The van der Waals surface area contributed by atoms with Crippen molar-refractivity contribution < 1.29 is 9.90 Å². The van der Waals surface area contributed by atoms with Crippen molar-refractivity contribution in [3.63, 3.8) is 0 Å². The quantitative estimate of drug-likeness (QED) is 0.838. The maximum atomic E-state index is 12.0. The number of carbonyl (C=O) groups excluding carboxylic acids is 1. The molecule has 4 nitrogen and oxygen atoms in total. The second-order valence-corrected chi connectivity index (χ2v) is 5.27. The monoisotopic (exact) mass is 262 g/mol. The fraction of sp³-hybridized carbons (Fsp3) is 0.533. The minimum Gasteiger partial charge on any atom is -0.396 e. The molecule has 2 rings (SSSR count). The lowest BCUT2D eigenvalue weighted by atomic mass is 10.1. The highest BCUT2D eigenvalue weighted by molar-refractivity contribution is 5.78. The molecule has 2 atom stereocenters. The molecule has 0 radical (unpaired) electrons. The van der Waals surface area contributed by atoms with Gasteiger partial charge in [0.05, 0.1) is 12.6 Å². The van der Waals surface area contributed by atoms with Gasteiger partial charge in [0.1, 0.15) is 0 Å². The van der Waals surface area contributed by atoms with Gasteiger partial charge in [0.2, 0.25) is 5.91 Å². The predicted octanol–water partition coefficient (Wildman–Crippen LogP) is 1.18. The van der Waals surface area contributed by atoms with E-state index in [4.69, 9.17) is 5.11 Å². The molecule has 1 saturated heterocycles. The van der Waals surface area contributed by atoms with Gasteiger partial charge >= 0.3 is 0 Å². The van der Waals surface area contributed by atoms with E-state index in [-0.39, 0.29) is 18.6 Å². The molecule has 2 N–H and O–H groups in total. The molecule has 4 heteroatoms. The summed E-state index contributed by atoms with van der Waals surface area (Å²) in [6, 6.07) is 9.99. The molecule has 104 valence electrons. The Kier molecular flexibility index (Phi) is 4.93. The summed E-state index contributed by atoms with van der Waals surface area (Å²) in [4.78, 5) is 14.1. The number of hydrogen-bond acceptors (Lipinski definition) is 3. The van der Waals surface area contributed by atoms with E-state index in [1.54, 1.807) is 0 Å². The molecule has 1 aromatic carbocycles. The molecule has 1 fully saturated rings. The Morgan fingerprint density at radius 2 is 2.21 bits per heavy atom. The van der Waals surface area contributed by atoms with Crippen molar-refractivity contribution in [2.75, 3.05) is 26.2 Å². The fourth-order valence-electron chi connectivity index (χ4n) is 2.52. The molecule has 1 aromatic rings. The fourth-order valence-corrected chi connectivity index (χ4v) is 2.52. The van der Waals surface area contributed by atoms with Crippen LogP contribution in [0.3, 0.4) is 0 Å². The van der Waals surface area contributed by atoms with Crippen molar-refractivity contribution in [1.29, 1.82) is 0 Å². The van der Waals surface area contributed by atoms with Crippen LogP contribution in [0.2, 0.25) is 0 Å². The van der Waals surface area contributed by atoms with Crippen molar-refractivity contribution in [2.24, 2.45) is 5.92 Å². The van der Waals surface area contributed by atoms with E-state index in [1.807, 2.05) is 37.3 Å². The number of rotatable bonds is 5. The summed E-state index contributed by atoms with van der Waals surface area (Å²) in [5.41, 5.74) is 1.12. The van der Waals surface area contributed by atoms with Gasteiger partial charge in [-0.05, 0) is 31.4 Å². The Labute approximate surface area is 114 Å². The van der Waals surface area contributed by atoms with E-state index < -0.39 is 0 Å². The lowest BCUT2D eigenvalue weighted by molar-refractivity contribution is -0.122. The highest BCUT2D eigenvalue weighted by Crippen LogP contribution is 2.15. The van der Waals surface area contributed by atoms with Crippen LogP contribution in [0.15, 0.2) is 30.3 Å². The molecule has 1 aliphatic heterocycles. The minimum atomic E-state index is 0.0324. The molecule has 0 bridgehead atoms. The van der Waals surface area contributed by atoms with Crippen LogP contribution in [0.4, 0.5) is 0 Å². The Hall–Kier alpha value is -1.39. The highest BCUT2D eigenvalue weighted by Gasteiger charge is 2.23. The summed E-state index contributed by atoms with van der Waals surface area (Å²) in [7, 11) is 0. The lowest BCUT2D eigenvalue weighted by Gasteiger charge is -2.18. The molecule has 0 aliphatic carbocycles. The number of benzene rings is 1. The van der Waals surface area contributed by atoms with Crippen molar-refractivity contribution in [3.8, 4) is 0 Å². The first-order chi connectivity index (χ1) is 9.19. The Balaban J connectivity index is 1.78. The normalized spacial score (nSPS) is 21.3. The first kappa shape index (κ1) is 14.0. The van der Waals surface area contributed by atoms with Crippen molar-refractivity contribution >= 4 is 5.91 Å². The molecule has 1 aliphatic rings. The minimum absolute atomic E-state index is 0.0324. The van der Waals surface area contributed by atoms with Gasteiger partial charge in [-0.1, -0.05) is 30.3 Å². The standard InChI is InChI=1S/C15H22N2O2/c1-12(14-5-3-2-4-6-14)16-15(19)10-17-8-7-13(9-17)11-18/h2-6,12-13,18H,7-11H2,1H3,(H,16,19). The van der Waals surface area contributed by atoms with Crippen LogP contribution in [0.1, 0.15) is 24.9 Å². The highest BCUT2D eigenvalue weighted by atomic mass is 16.3. The summed E-state index contributed by atoms with van der Waals surface area (Å²) < 4.78 is 0. The van der Waals surface area contributed by atoms with Crippen molar-refractivity contribution in [3.05, 3.63) is 35.9 Å². The van der Waals surface area contributed by atoms with Crippen LogP contribution in [-0.4, -0.2) is 42.2 Å². The summed E-state index contributed by atoms with van der Waals surface area (Å²) in [5, 5.41) is 12.1. The zero-order valence-corrected chi connectivity index (χ0v) is 11.4. The van der Waals surface area contributed by atoms with Gasteiger partial charge in [-0.15, -0.1) is 0 Å². The average Bonchev–Trinajstić information content (AvgIpc) is 2.87. The summed E-state index contributed by atoms with van der Waals surface area (Å²) >= 11 is 0. The number of aliphatic hydroxyl groups excluding tert-OH is 1. The molecule has 2 unspecified atom stereocenters. The summed E-state index contributed by atoms with van der Waals surface area (Å²) in [6.45, 7) is 4.36. The average molecular weight is 262 g/mol. The molecular weight excluding hydrogens is 240 g/mol. The summed E-state index contributed by atoms with van der Waals surface area (Å²) in [5.74, 6) is 0.384. The van der Waals surface area contributed by atoms with Gasteiger partial charge in [-0.25, -0.2) is 0 Å². The smallest absolute Gasteiger partial charge is 0.234 e. The molecular formula is C15H22N2O2. The Morgan fingerprint density at radius 3 is 2.84 bits per heavy atom. The molecule has 1 heterocycles. The van der Waals surface area contributed by atoms with Gasteiger partial charge in [0.25, 0.3) is 0 Å². The SMILES string of the molecule is CC(NC(=O)CN1CCC(CO)C1)c1ccccc1. The first-order valence-corrected chi connectivity index (χ1v) is 6.86. The van der Waals surface area contributed by atoms with Gasteiger partial charge in [0, 0.05) is 13.2 Å². The molecule has 0 saturated carbocycles. The predicted molar refractivity (Wildman–Crippen MR) is 74.6 cm³/mol. The zero-order valence-electron chi connectivity index (χ0n) is 11.4. The second-order valence-electron chi connectivity index (χ2n) is 5.27. The molecule has 1 amide bonds. The number of hydrogen-bond donors (Lipinski definition) is 2. The number of nitrogens with zero attached hydrogens (tertiary/aromatic N) is 1. The third kappa shape index (κ3) is 4.04. The lowest BCUT2D eigenvalue weighted by Crippen LogP contribution is -2.37. The van der Waals surface area contributed by atoms with E-state index in [9.17, 15) is 4.79 Å². The van der Waals surface area contributed by atoms with Crippen molar-refractivity contribution in [1.82, 2.24) is 10.2 Å². The summed E-state index contributed by atoms with van der Waals surface area (Å²) in [6.07, 6.45) is 0.984. The van der Waals surface area contributed by atoms with Crippen LogP contribution in [0.5, 0.6) is 0 Å². The van der Waals surface area contributed by atoms with Gasteiger partial charge in [-0.2, -0.15) is 0 Å². The topological polar surface area (TPSA) is 52.6 Å². The second kappa shape index (κ2) is 6.68. The largest absolute Gasteiger partial charge is 0.396 e. The third-order valence-corrected chi connectivity index (χ3v) is 3.67. The molecule has 19 heavy (non-hydrogen) atoms. The van der Waals surface area contributed by atoms with Gasteiger partial charge in [0.15, 0.2) is 0 Å². The van der Waals surface area contributed by atoms with E-state index >= 15 is 0 Å². The number of likely N-dealkylation sites (tertiary alicyclic amines) is 1.